The molecule has 2 aromatic carbocycles. The molecular weight excluding hydrogens is 463 g/mol. The lowest BCUT2D eigenvalue weighted by molar-refractivity contribution is -0.131. The maximum absolute atomic E-state index is 13.7. The topological polar surface area (TPSA) is 87.0 Å². The number of fused-ring (bicyclic) bond motifs is 1. The zero-order chi connectivity index (χ0) is 24.2. The van der Waals surface area contributed by atoms with Crippen molar-refractivity contribution in [2.75, 3.05) is 6.26 Å². The lowest BCUT2D eigenvalue weighted by atomic mass is 9.81. The maximum Gasteiger partial charge on any atom is 0.331 e. The number of aliphatic carboxylic acids is 1. The van der Waals surface area contributed by atoms with Crippen LogP contribution in [0.5, 0.6) is 5.75 Å². The van der Waals surface area contributed by atoms with E-state index in [2.05, 4.69) is 6.92 Å². The maximum atomic E-state index is 13.7. The Balaban J connectivity index is 2.18. The van der Waals surface area contributed by atoms with E-state index in [4.69, 9.17) is 9.84 Å². The van der Waals surface area contributed by atoms with Crippen molar-refractivity contribution in [1.82, 2.24) is 0 Å². The second kappa shape index (κ2) is 11.0. The van der Waals surface area contributed by atoms with Gasteiger partial charge in [0.15, 0.2) is 0 Å². The fraction of sp³-hybridized carbons (Fsp3) is 0.400. The van der Waals surface area contributed by atoms with E-state index in [1.807, 2.05) is 19.2 Å². The number of halogens is 1. The summed E-state index contributed by atoms with van der Waals surface area (Å²) in [6.45, 7) is 4.00. The molecule has 3 N–H and O–H groups in total. The quantitative estimate of drug-likeness (QED) is 0.202. The highest BCUT2D eigenvalue weighted by atomic mass is 32.3. The summed E-state index contributed by atoms with van der Waals surface area (Å²) < 4.78 is 42.2. The van der Waals surface area contributed by atoms with Crippen LogP contribution in [-0.4, -0.2) is 31.7 Å². The van der Waals surface area contributed by atoms with Crippen LogP contribution in [0.2, 0.25) is 0 Å². The summed E-state index contributed by atoms with van der Waals surface area (Å²) in [4.78, 5) is 12.0. The molecule has 0 amide bonds. The molecule has 0 spiro atoms. The number of rotatable bonds is 8. The Bertz CT molecular complexity index is 1010. The minimum Gasteiger partial charge on any atom is -0.478 e. The van der Waals surface area contributed by atoms with Gasteiger partial charge in [0.2, 0.25) is 0 Å². The Labute approximate surface area is 200 Å². The summed E-state index contributed by atoms with van der Waals surface area (Å²) in [5.74, 6) is -1.13. The monoisotopic (exact) mass is 494 g/mol. The molecule has 2 aromatic rings. The van der Waals surface area contributed by atoms with Gasteiger partial charge in [-0.05, 0) is 61.3 Å². The van der Waals surface area contributed by atoms with Gasteiger partial charge in [0.25, 0.3) is 0 Å². The van der Waals surface area contributed by atoms with E-state index in [1.165, 1.54) is 23.9 Å². The first-order chi connectivity index (χ1) is 15.7. The summed E-state index contributed by atoms with van der Waals surface area (Å²) in [7, 11) is -3.18. The minimum atomic E-state index is -3.18. The number of hydrogen-bond acceptors (Lipinski definition) is 5. The third-order valence-corrected chi connectivity index (χ3v) is 9.50. The van der Waals surface area contributed by atoms with Gasteiger partial charge in [-0.2, -0.15) is 10.6 Å². The Hall–Kier alpha value is -2.00. The van der Waals surface area contributed by atoms with Gasteiger partial charge in [-0.3, -0.25) is 9.11 Å². The SMILES string of the molecule is CCCCC1CC(c2ccc(F)cc2)c2cc(SC)c(O/C=C/C(=O)O)cc2S(O)(O)C1C. The number of ether oxygens (including phenoxy) is 1. The van der Waals surface area contributed by atoms with Gasteiger partial charge < -0.3 is 9.84 Å². The van der Waals surface area contributed by atoms with Gasteiger partial charge in [0, 0.05) is 12.0 Å². The number of hydrogen-bond donors (Lipinski definition) is 3. The summed E-state index contributed by atoms with van der Waals surface area (Å²) in [6.07, 6.45) is 7.45. The van der Waals surface area contributed by atoms with E-state index in [-0.39, 0.29) is 22.9 Å². The number of carbonyl (C=O) groups is 1. The molecule has 1 aliphatic heterocycles. The standard InChI is InChI=1S/C25H31FO5S2/c1-4-5-6-18-13-20(17-7-9-19(26)10-8-17)21-14-23(32-3)22(31-12-11-25(27)28)15-24(21)33(29,30)16(18)2/h7-12,14-16,18,20,29-30H,4-6,13H2,1-3H3,(H,27,28)/b12-11+. The highest BCUT2D eigenvalue weighted by Crippen LogP contribution is 2.63. The van der Waals surface area contributed by atoms with Crippen LogP contribution >= 0.6 is 22.4 Å². The molecule has 0 radical (unpaired) electrons. The van der Waals surface area contributed by atoms with Crippen molar-refractivity contribution >= 4 is 28.3 Å². The molecule has 3 rings (SSSR count). The van der Waals surface area contributed by atoms with E-state index >= 15 is 0 Å². The second-order valence-corrected chi connectivity index (χ2v) is 11.6. The van der Waals surface area contributed by atoms with Crippen molar-refractivity contribution in [3.63, 3.8) is 0 Å². The molecule has 180 valence electrons. The summed E-state index contributed by atoms with van der Waals surface area (Å²) >= 11 is 1.43. The first kappa shape index (κ1) is 25.6. The first-order valence-corrected chi connectivity index (χ1v) is 13.8. The zero-order valence-electron chi connectivity index (χ0n) is 19.0. The molecular formula is C25H31FO5S2. The van der Waals surface area contributed by atoms with E-state index in [9.17, 15) is 18.3 Å². The predicted octanol–water partition coefficient (Wildman–Crippen LogP) is 7.36. The molecule has 0 fully saturated rings. The molecule has 0 aliphatic carbocycles. The Morgan fingerprint density at radius 2 is 1.97 bits per heavy atom. The highest BCUT2D eigenvalue weighted by molar-refractivity contribution is 8.24. The Morgan fingerprint density at radius 1 is 1.27 bits per heavy atom. The van der Waals surface area contributed by atoms with E-state index in [0.29, 0.717) is 10.6 Å². The predicted molar refractivity (Wildman–Crippen MR) is 132 cm³/mol. The van der Waals surface area contributed by atoms with Crippen LogP contribution in [0.25, 0.3) is 0 Å². The first-order valence-electron chi connectivity index (χ1n) is 11.0. The summed E-state index contributed by atoms with van der Waals surface area (Å²) in [5.41, 5.74) is 1.72. The molecule has 5 nitrogen and oxygen atoms in total. The third-order valence-electron chi connectivity index (χ3n) is 6.32. The average molecular weight is 495 g/mol. The Kier molecular flexibility index (Phi) is 8.50. The molecule has 3 unspecified atom stereocenters. The lowest BCUT2D eigenvalue weighted by Crippen LogP contribution is -2.23. The molecule has 1 heterocycles. The molecule has 3 atom stereocenters. The second-order valence-electron chi connectivity index (χ2n) is 8.34. The largest absolute Gasteiger partial charge is 0.478 e. The van der Waals surface area contributed by atoms with Crippen LogP contribution < -0.4 is 4.74 Å². The number of carboxylic acids is 1. The molecule has 0 bridgehead atoms. The summed E-state index contributed by atoms with van der Waals surface area (Å²) in [5, 5.41) is 8.51. The van der Waals surface area contributed by atoms with E-state index in [0.717, 1.165) is 54.0 Å². The number of unbranched alkanes of at least 4 members (excludes halogenated alkanes) is 1. The van der Waals surface area contributed by atoms with Gasteiger partial charge in [-0.1, -0.05) is 31.9 Å². The van der Waals surface area contributed by atoms with Crippen LogP contribution in [0.3, 0.4) is 0 Å². The molecule has 33 heavy (non-hydrogen) atoms. The Morgan fingerprint density at radius 3 is 2.58 bits per heavy atom. The van der Waals surface area contributed by atoms with Crippen LogP contribution in [0.15, 0.2) is 58.5 Å². The van der Waals surface area contributed by atoms with E-state index < -0.39 is 16.6 Å². The highest BCUT2D eigenvalue weighted by Gasteiger charge is 2.40. The van der Waals surface area contributed by atoms with Crippen LogP contribution in [0.4, 0.5) is 4.39 Å². The lowest BCUT2D eigenvalue weighted by Gasteiger charge is -2.41. The van der Waals surface area contributed by atoms with Crippen LogP contribution in [0, 0.1) is 11.7 Å². The normalized spacial score (nSPS) is 23.0. The number of benzene rings is 2. The molecule has 0 saturated carbocycles. The van der Waals surface area contributed by atoms with Gasteiger partial charge in [0.05, 0.1) is 27.4 Å². The van der Waals surface area contributed by atoms with Crippen molar-refractivity contribution in [3.05, 3.63) is 65.7 Å². The third kappa shape index (κ3) is 5.74. The molecule has 1 aliphatic rings. The van der Waals surface area contributed by atoms with E-state index in [1.54, 1.807) is 18.2 Å². The number of thioether (sulfide) groups is 1. The molecule has 8 heteroatoms. The van der Waals surface area contributed by atoms with Gasteiger partial charge in [-0.15, -0.1) is 11.8 Å². The fourth-order valence-electron chi connectivity index (χ4n) is 4.43. The van der Waals surface area contributed by atoms with Crippen molar-refractivity contribution in [1.29, 1.82) is 0 Å². The number of carboxylic acid groups (broad SMARTS) is 1. The van der Waals surface area contributed by atoms with Gasteiger partial charge in [-0.25, -0.2) is 9.18 Å². The molecule has 0 aromatic heterocycles. The molecule has 0 saturated heterocycles. The van der Waals surface area contributed by atoms with Crippen molar-refractivity contribution in [2.24, 2.45) is 5.92 Å². The van der Waals surface area contributed by atoms with Gasteiger partial charge >= 0.3 is 5.97 Å². The average Bonchev–Trinajstić information content (AvgIpc) is 2.86. The fourth-order valence-corrected chi connectivity index (χ4v) is 6.99. The zero-order valence-corrected chi connectivity index (χ0v) is 20.7. The van der Waals surface area contributed by atoms with Gasteiger partial charge in [0.1, 0.15) is 11.6 Å². The van der Waals surface area contributed by atoms with Crippen molar-refractivity contribution in [3.8, 4) is 5.75 Å². The van der Waals surface area contributed by atoms with Crippen molar-refractivity contribution < 1.29 is 28.1 Å². The van der Waals surface area contributed by atoms with Crippen LogP contribution in [0.1, 0.15) is 56.6 Å². The van der Waals surface area contributed by atoms with Crippen LogP contribution in [-0.2, 0) is 4.79 Å². The smallest absolute Gasteiger partial charge is 0.331 e. The van der Waals surface area contributed by atoms with Crippen molar-refractivity contribution in [2.45, 2.75) is 60.5 Å². The minimum absolute atomic E-state index is 0.0754. The summed E-state index contributed by atoms with van der Waals surface area (Å²) in [6, 6.07) is 9.94.